The molecule has 2 rings (SSSR count). The molecule has 0 bridgehead atoms. The molecule has 2 aromatic rings. The van der Waals surface area contributed by atoms with Crippen LogP contribution in [0.15, 0.2) is 53.4 Å². The van der Waals surface area contributed by atoms with Gasteiger partial charge < -0.3 is 10.1 Å². The summed E-state index contributed by atoms with van der Waals surface area (Å²) < 4.78 is 45.2. The first-order valence-electron chi connectivity index (χ1n) is 8.10. The molecule has 0 aliphatic carbocycles. The lowest BCUT2D eigenvalue weighted by Crippen LogP contribution is -2.35. The number of sulfonamides is 1. The number of amides is 1. The Kier molecular flexibility index (Phi) is 6.51. The van der Waals surface area contributed by atoms with Crippen LogP contribution in [0.5, 0.6) is 0 Å². The molecule has 2 N–H and O–H groups in total. The maximum Gasteiger partial charge on any atom is 0.338 e. The number of esters is 1. The zero-order valence-electron chi connectivity index (χ0n) is 14.7. The highest BCUT2D eigenvalue weighted by atomic mass is 32.2. The highest BCUT2D eigenvalue weighted by molar-refractivity contribution is 7.92. The molecule has 0 unspecified atom stereocenters. The summed E-state index contributed by atoms with van der Waals surface area (Å²) >= 11 is 0. The quantitative estimate of drug-likeness (QED) is 0.702. The lowest BCUT2D eigenvalue weighted by molar-refractivity contribution is -0.128. The predicted octanol–water partition coefficient (Wildman–Crippen LogP) is 2.31. The third-order valence-corrected chi connectivity index (χ3v) is 4.86. The number of likely N-dealkylation sites (N-methyl/N-ethyl adjacent to an activating group) is 1. The summed E-state index contributed by atoms with van der Waals surface area (Å²) in [5, 5.41) is 2.52. The van der Waals surface area contributed by atoms with Gasteiger partial charge in [-0.2, -0.15) is 0 Å². The van der Waals surface area contributed by atoms with Crippen molar-refractivity contribution in [1.82, 2.24) is 5.32 Å². The van der Waals surface area contributed by atoms with Crippen molar-refractivity contribution in [1.29, 1.82) is 0 Å². The predicted molar refractivity (Wildman–Crippen MR) is 97.2 cm³/mol. The Morgan fingerprint density at radius 1 is 1.15 bits per heavy atom. The van der Waals surface area contributed by atoms with Crippen molar-refractivity contribution < 1.29 is 27.1 Å². The van der Waals surface area contributed by atoms with Gasteiger partial charge in [-0.05, 0) is 56.3 Å². The van der Waals surface area contributed by atoms with Crippen LogP contribution >= 0.6 is 0 Å². The van der Waals surface area contributed by atoms with E-state index >= 15 is 0 Å². The topological polar surface area (TPSA) is 102 Å². The molecule has 0 spiro atoms. The second-order valence-electron chi connectivity index (χ2n) is 5.58. The minimum Gasteiger partial charge on any atom is -0.449 e. The Morgan fingerprint density at radius 3 is 2.44 bits per heavy atom. The number of anilines is 1. The van der Waals surface area contributed by atoms with Crippen LogP contribution in [0.4, 0.5) is 10.1 Å². The molecule has 0 aromatic heterocycles. The minimum atomic E-state index is -4.00. The second kappa shape index (κ2) is 8.63. The highest BCUT2D eigenvalue weighted by Crippen LogP contribution is 2.18. The summed E-state index contributed by atoms with van der Waals surface area (Å²) in [6.45, 7) is 3.54. The van der Waals surface area contributed by atoms with Gasteiger partial charge in [0.1, 0.15) is 5.82 Å². The molecule has 1 amide bonds. The van der Waals surface area contributed by atoms with Crippen LogP contribution in [0.2, 0.25) is 0 Å². The standard InChI is InChI=1S/C18H19FN2O5S/c1-3-20-17(22)12(2)26-18(23)13-5-4-6-16(11-13)27(24,25)21-15-9-7-14(19)8-10-15/h4-12,21H,3H2,1-2H3,(H,20,22)/t12-/m1/s1. The molecule has 2 aromatic carbocycles. The maximum atomic E-state index is 12.9. The van der Waals surface area contributed by atoms with Gasteiger partial charge >= 0.3 is 5.97 Å². The van der Waals surface area contributed by atoms with Crippen molar-refractivity contribution in [2.75, 3.05) is 11.3 Å². The van der Waals surface area contributed by atoms with Crippen molar-refractivity contribution in [3.8, 4) is 0 Å². The van der Waals surface area contributed by atoms with E-state index in [1.807, 2.05) is 0 Å². The molecule has 0 aliphatic heterocycles. The van der Waals surface area contributed by atoms with E-state index in [1.54, 1.807) is 6.92 Å². The van der Waals surface area contributed by atoms with Gasteiger partial charge in [-0.15, -0.1) is 0 Å². The summed E-state index contributed by atoms with van der Waals surface area (Å²) in [5.74, 6) is -1.77. The Balaban J connectivity index is 2.17. The number of hydrogen-bond acceptors (Lipinski definition) is 5. The van der Waals surface area contributed by atoms with E-state index in [-0.39, 0.29) is 16.1 Å². The van der Waals surface area contributed by atoms with E-state index in [0.29, 0.717) is 6.54 Å². The fourth-order valence-electron chi connectivity index (χ4n) is 2.12. The summed E-state index contributed by atoms with van der Waals surface area (Å²) in [7, 11) is -4.00. The Labute approximate surface area is 156 Å². The first kappa shape index (κ1) is 20.4. The molecular formula is C18H19FN2O5S. The van der Waals surface area contributed by atoms with E-state index in [1.165, 1.54) is 37.3 Å². The van der Waals surface area contributed by atoms with Crippen LogP contribution in [0.25, 0.3) is 0 Å². The van der Waals surface area contributed by atoms with Gasteiger partial charge in [-0.3, -0.25) is 9.52 Å². The number of rotatable bonds is 7. The number of ether oxygens (including phenoxy) is 1. The van der Waals surface area contributed by atoms with E-state index in [2.05, 4.69) is 10.0 Å². The fraction of sp³-hybridized carbons (Fsp3) is 0.222. The summed E-state index contributed by atoms with van der Waals surface area (Å²) in [5.41, 5.74) is 0.155. The van der Waals surface area contributed by atoms with Crippen LogP contribution in [-0.4, -0.2) is 32.9 Å². The average Bonchev–Trinajstić information content (AvgIpc) is 2.63. The van der Waals surface area contributed by atoms with Crippen LogP contribution < -0.4 is 10.0 Å². The number of benzene rings is 2. The van der Waals surface area contributed by atoms with Crippen molar-refractivity contribution in [3.63, 3.8) is 0 Å². The maximum absolute atomic E-state index is 12.9. The normalized spacial score (nSPS) is 12.1. The van der Waals surface area contributed by atoms with E-state index in [4.69, 9.17) is 4.74 Å². The number of carbonyl (C=O) groups excluding carboxylic acids is 2. The zero-order chi connectivity index (χ0) is 20.0. The third kappa shape index (κ3) is 5.52. The third-order valence-electron chi connectivity index (χ3n) is 3.48. The molecule has 0 radical (unpaired) electrons. The van der Waals surface area contributed by atoms with Crippen LogP contribution in [-0.2, 0) is 19.6 Å². The van der Waals surface area contributed by atoms with Crippen molar-refractivity contribution in [2.24, 2.45) is 0 Å². The first-order chi connectivity index (χ1) is 12.7. The highest BCUT2D eigenvalue weighted by Gasteiger charge is 2.21. The lowest BCUT2D eigenvalue weighted by Gasteiger charge is -2.13. The van der Waals surface area contributed by atoms with Crippen molar-refractivity contribution in [2.45, 2.75) is 24.8 Å². The van der Waals surface area contributed by atoms with Crippen LogP contribution in [0.1, 0.15) is 24.2 Å². The SMILES string of the molecule is CCNC(=O)[C@@H](C)OC(=O)c1cccc(S(=O)(=O)Nc2ccc(F)cc2)c1. The Hall–Kier alpha value is -2.94. The first-order valence-corrected chi connectivity index (χ1v) is 9.58. The Bertz CT molecular complexity index is 929. The van der Waals surface area contributed by atoms with Gasteiger partial charge in [0, 0.05) is 12.2 Å². The second-order valence-corrected chi connectivity index (χ2v) is 7.26. The molecule has 7 nitrogen and oxygen atoms in total. The minimum absolute atomic E-state index is 0.0203. The fourth-order valence-corrected chi connectivity index (χ4v) is 3.23. The number of hydrogen-bond donors (Lipinski definition) is 2. The molecule has 27 heavy (non-hydrogen) atoms. The van der Waals surface area contributed by atoms with Gasteiger partial charge in [-0.25, -0.2) is 17.6 Å². The van der Waals surface area contributed by atoms with Crippen LogP contribution in [0, 0.1) is 5.82 Å². The molecule has 9 heteroatoms. The van der Waals surface area contributed by atoms with E-state index in [0.717, 1.165) is 18.2 Å². The zero-order valence-corrected chi connectivity index (χ0v) is 15.5. The molecule has 144 valence electrons. The van der Waals surface area contributed by atoms with Gasteiger partial charge in [0.15, 0.2) is 6.10 Å². The van der Waals surface area contributed by atoms with E-state index in [9.17, 15) is 22.4 Å². The van der Waals surface area contributed by atoms with Gasteiger partial charge in [-0.1, -0.05) is 6.07 Å². The number of nitrogens with one attached hydrogen (secondary N) is 2. The summed E-state index contributed by atoms with van der Waals surface area (Å²) in [4.78, 5) is 23.6. The molecule has 0 fully saturated rings. The van der Waals surface area contributed by atoms with Gasteiger partial charge in [0.05, 0.1) is 10.5 Å². The van der Waals surface area contributed by atoms with Crippen molar-refractivity contribution in [3.05, 3.63) is 59.9 Å². The van der Waals surface area contributed by atoms with Crippen LogP contribution in [0.3, 0.4) is 0 Å². The van der Waals surface area contributed by atoms with Gasteiger partial charge in [0.25, 0.3) is 15.9 Å². The monoisotopic (exact) mass is 394 g/mol. The smallest absolute Gasteiger partial charge is 0.338 e. The summed E-state index contributed by atoms with van der Waals surface area (Å²) in [6, 6.07) is 9.99. The molecule has 1 atom stereocenters. The molecule has 0 saturated heterocycles. The molecule has 0 heterocycles. The molecule has 0 saturated carbocycles. The number of carbonyl (C=O) groups is 2. The molecular weight excluding hydrogens is 375 g/mol. The Morgan fingerprint density at radius 2 is 1.81 bits per heavy atom. The summed E-state index contributed by atoms with van der Waals surface area (Å²) in [6.07, 6.45) is -1.02. The van der Waals surface area contributed by atoms with Crippen molar-refractivity contribution >= 4 is 27.6 Å². The number of halogens is 1. The van der Waals surface area contributed by atoms with Gasteiger partial charge in [0.2, 0.25) is 0 Å². The largest absolute Gasteiger partial charge is 0.449 e. The lowest BCUT2D eigenvalue weighted by atomic mass is 10.2. The van der Waals surface area contributed by atoms with E-state index < -0.39 is 33.8 Å². The molecule has 0 aliphatic rings. The average molecular weight is 394 g/mol.